The van der Waals surface area contributed by atoms with Crippen LogP contribution in [0.4, 0.5) is 4.39 Å². The van der Waals surface area contributed by atoms with Crippen LogP contribution >= 0.6 is 0 Å². The Hall–Kier alpha value is -1.90. The minimum atomic E-state index is -0.482. The van der Waals surface area contributed by atoms with Crippen molar-refractivity contribution < 1.29 is 13.9 Å². The zero-order valence-electron chi connectivity index (χ0n) is 14.4. The maximum absolute atomic E-state index is 14.0. The number of rotatable bonds is 5. The normalized spacial score (nSPS) is 18.6. The molecular formula is C20H25FO2. The quantitative estimate of drug-likeness (QED) is 0.549. The molecule has 0 aromatic heterocycles. The van der Waals surface area contributed by atoms with Gasteiger partial charge in [-0.05, 0) is 57.7 Å². The molecule has 1 heterocycles. The summed E-state index contributed by atoms with van der Waals surface area (Å²) in [6.07, 6.45) is 4.01. The van der Waals surface area contributed by atoms with Crippen LogP contribution in [0.2, 0.25) is 0 Å². The Labute approximate surface area is 138 Å². The number of hydrogen-bond donors (Lipinski definition) is 0. The van der Waals surface area contributed by atoms with Gasteiger partial charge in [-0.1, -0.05) is 23.8 Å². The van der Waals surface area contributed by atoms with E-state index < -0.39 is 5.60 Å². The number of halogens is 1. The topological polar surface area (TPSA) is 26.3 Å². The molecule has 2 rings (SSSR count). The highest BCUT2D eigenvalue weighted by molar-refractivity contribution is 5.92. The SMILES string of the molecule is C=CCCC(C1=C(C)CC(C)(C)OC1=O)c1cccc(F)c1C. The van der Waals surface area contributed by atoms with Gasteiger partial charge in [0, 0.05) is 17.9 Å². The first-order valence-corrected chi connectivity index (χ1v) is 8.05. The maximum Gasteiger partial charge on any atom is 0.335 e. The van der Waals surface area contributed by atoms with Crippen molar-refractivity contribution in [3.05, 3.63) is 58.9 Å². The molecule has 3 heteroatoms. The molecule has 0 aliphatic carbocycles. The highest BCUT2D eigenvalue weighted by Gasteiger charge is 2.36. The van der Waals surface area contributed by atoms with Crippen LogP contribution in [0.25, 0.3) is 0 Å². The Kier molecular flexibility index (Phi) is 5.08. The smallest absolute Gasteiger partial charge is 0.335 e. The van der Waals surface area contributed by atoms with Crippen molar-refractivity contribution in [2.75, 3.05) is 0 Å². The summed E-state index contributed by atoms with van der Waals surface area (Å²) in [5.74, 6) is -0.683. The van der Waals surface area contributed by atoms with E-state index in [2.05, 4.69) is 6.58 Å². The summed E-state index contributed by atoms with van der Waals surface area (Å²) in [4.78, 5) is 12.6. The van der Waals surface area contributed by atoms with E-state index in [0.717, 1.165) is 24.0 Å². The molecule has 0 saturated heterocycles. The summed E-state index contributed by atoms with van der Waals surface area (Å²) in [6, 6.07) is 5.05. The van der Waals surface area contributed by atoms with E-state index in [4.69, 9.17) is 4.74 Å². The van der Waals surface area contributed by atoms with Gasteiger partial charge in [0.1, 0.15) is 11.4 Å². The Morgan fingerprint density at radius 2 is 2.09 bits per heavy atom. The van der Waals surface area contributed by atoms with Crippen molar-refractivity contribution in [1.82, 2.24) is 0 Å². The molecule has 0 radical (unpaired) electrons. The second-order valence-corrected chi connectivity index (χ2v) is 6.89. The Bertz CT molecular complexity index is 656. The highest BCUT2D eigenvalue weighted by Crippen LogP contribution is 2.40. The highest BCUT2D eigenvalue weighted by atomic mass is 19.1. The monoisotopic (exact) mass is 316 g/mol. The summed E-state index contributed by atoms with van der Waals surface area (Å²) >= 11 is 0. The van der Waals surface area contributed by atoms with E-state index in [1.54, 1.807) is 13.0 Å². The largest absolute Gasteiger partial charge is 0.456 e. The number of allylic oxidation sites excluding steroid dienone is 1. The van der Waals surface area contributed by atoms with Crippen LogP contribution in [-0.4, -0.2) is 11.6 Å². The van der Waals surface area contributed by atoms with Gasteiger partial charge in [-0.2, -0.15) is 0 Å². The third kappa shape index (κ3) is 3.72. The minimum Gasteiger partial charge on any atom is -0.456 e. The molecule has 124 valence electrons. The van der Waals surface area contributed by atoms with E-state index in [-0.39, 0.29) is 17.7 Å². The van der Waals surface area contributed by atoms with Crippen molar-refractivity contribution in [2.24, 2.45) is 0 Å². The lowest BCUT2D eigenvalue weighted by molar-refractivity contribution is -0.153. The number of esters is 1. The third-order valence-electron chi connectivity index (χ3n) is 4.43. The van der Waals surface area contributed by atoms with Crippen LogP contribution in [-0.2, 0) is 9.53 Å². The van der Waals surface area contributed by atoms with Crippen LogP contribution in [0.3, 0.4) is 0 Å². The Morgan fingerprint density at radius 1 is 1.39 bits per heavy atom. The number of carbonyl (C=O) groups excluding carboxylic acids is 1. The van der Waals surface area contributed by atoms with Gasteiger partial charge in [0.25, 0.3) is 0 Å². The van der Waals surface area contributed by atoms with E-state index in [1.165, 1.54) is 6.07 Å². The first-order valence-electron chi connectivity index (χ1n) is 8.05. The first-order chi connectivity index (χ1) is 10.8. The van der Waals surface area contributed by atoms with Crippen molar-refractivity contribution in [2.45, 2.75) is 58.5 Å². The van der Waals surface area contributed by atoms with E-state index in [0.29, 0.717) is 17.6 Å². The van der Waals surface area contributed by atoms with Crippen LogP contribution in [0.15, 0.2) is 42.0 Å². The molecule has 2 nitrogen and oxygen atoms in total. The molecule has 1 unspecified atom stereocenters. The number of ether oxygens (including phenoxy) is 1. The molecule has 1 aromatic carbocycles. The summed E-state index contributed by atoms with van der Waals surface area (Å²) < 4.78 is 19.6. The van der Waals surface area contributed by atoms with Gasteiger partial charge in [0.05, 0.1) is 0 Å². The predicted molar refractivity (Wildman–Crippen MR) is 90.8 cm³/mol. The molecule has 0 N–H and O–H groups in total. The van der Waals surface area contributed by atoms with Crippen LogP contribution in [0, 0.1) is 12.7 Å². The van der Waals surface area contributed by atoms with Gasteiger partial charge in [-0.3, -0.25) is 0 Å². The standard InChI is InChI=1S/C20H25FO2/c1-6-7-9-16(15-10-8-11-17(21)14(15)3)18-13(2)12-20(4,5)23-19(18)22/h6,8,10-11,16H,1,7,9,12H2,2-5H3. The van der Waals surface area contributed by atoms with Gasteiger partial charge < -0.3 is 4.74 Å². The fourth-order valence-corrected chi connectivity index (χ4v) is 3.43. The molecule has 0 bridgehead atoms. The molecule has 0 saturated carbocycles. The molecule has 0 fully saturated rings. The predicted octanol–water partition coefficient (Wildman–Crippen LogP) is 5.23. The van der Waals surface area contributed by atoms with Crippen molar-refractivity contribution in [3.63, 3.8) is 0 Å². The van der Waals surface area contributed by atoms with Gasteiger partial charge in [0.15, 0.2) is 0 Å². The van der Waals surface area contributed by atoms with Gasteiger partial charge in [-0.25, -0.2) is 9.18 Å². The van der Waals surface area contributed by atoms with E-state index in [1.807, 2.05) is 32.9 Å². The molecule has 1 atom stereocenters. The van der Waals surface area contributed by atoms with Crippen LogP contribution in [0.1, 0.15) is 57.1 Å². The zero-order chi connectivity index (χ0) is 17.2. The number of carbonyl (C=O) groups is 1. The molecule has 0 amide bonds. The summed E-state index contributed by atoms with van der Waals surface area (Å²) in [5.41, 5.74) is 2.69. The molecule has 1 aromatic rings. The lowest BCUT2D eigenvalue weighted by Crippen LogP contribution is -2.35. The van der Waals surface area contributed by atoms with Crippen LogP contribution in [0.5, 0.6) is 0 Å². The molecule has 23 heavy (non-hydrogen) atoms. The molecule has 1 aliphatic heterocycles. The van der Waals surface area contributed by atoms with E-state index >= 15 is 0 Å². The fourth-order valence-electron chi connectivity index (χ4n) is 3.43. The number of benzene rings is 1. The Balaban J connectivity index is 2.53. The minimum absolute atomic E-state index is 0.160. The van der Waals surface area contributed by atoms with Crippen LogP contribution < -0.4 is 0 Å². The summed E-state index contributed by atoms with van der Waals surface area (Å²) in [6.45, 7) is 11.3. The molecule has 0 spiro atoms. The van der Waals surface area contributed by atoms with Gasteiger partial charge in [0.2, 0.25) is 0 Å². The number of cyclic esters (lactones) is 1. The number of hydrogen-bond acceptors (Lipinski definition) is 2. The van der Waals surface area contributed by atoms with Crippen molar-refractivity contribution in [3.8, 4) is 0 Å². The fraction of sp³-hybridized carbons (Fsp3) is 0.450. The summed E-state index contributed by atoms with van der Waals surface area (Å²) in [5, 5.41) is 0. The summed E-state index contributed by atoms with van der Waals surface area (Å²) in [7, 11) is 0. The lowest BCUT2D eigenvalue weighted by Gasteiger charge is -2.35. The third-order valence-corrected chi connectivity index (χ3v) is 4.43. The first kappa shape index (κ1) is 17.5. The second kappa shape index (κ2) is 6.69. The maximum atomic E-state index is 14.0. The van der Waals surface area contributed by atoms with Crippen molar-refractivity contribution in [1.29, 1.82) is 0 Å². The lowest BCUT2D eigenvalue weighted by atomic mass is 9.79. The average molecular weight is 316 g/mol. The molecule has 1 aliphatic rings. The Morgan fingerprint density at radius 3 is 2.70 bits per heavy atom. The van der Waals surface area contributed by atoms with Gasteiger partial charge in [-0.15, -0.1) is 6.58 Å². The van der Waals surface area contributed by atoms with E-state index in [9.17, 15) is 9.18 Å². The second-order valence-electron chi connectivity index (χ2n) is 6.89. The molecular weight excluding hydrogens is 291 g/mol. The van der Waals surface area contributed by atoms with Gasteiger partial charge >= 0.3 is 5.97 Å². The average Bonchev–Trinajstić information content (AvgIpc) is 2.44. The zero-order valence-corrected chi connectivity index (χ0v) is 14.4. The van der Waals surface area contributed by atoms with Crippen molar-refractivity contribution >= 4 is 5.97 Å².